The zero-order valence-electron chi connectivity index (χ0n) is 42.2. The largest absolute Gasteiger partial charge is 0.462 e. The number of amides is 1. The lowest BCUT2D eigenvalue weighted by Crippen LogP contribution is -2.46. The number of hydrogen-bond donors (Lipinski definition) is 3. The lowest BCUT2D eigenvalue weighted by Gasteiger charge is -2.24. The molecule has 0 saturated heterocycles. The molecule has 6 nitrogen and oxygen atoms in total. The Morgan fingerprint density at radius 3 is 1.32 bits per heavy atom. The molecule has 3 atom stereocenters. The van der Waals surface area contributed by atoms with Gasteiger partial charge in [0.2, 0.25) is 5.91 Å². The third-order valence-electron chi connectivity index (χ3n) is 12.7. The number of ether oxygens (including phenoxy) is 1. The first kappa shape index (κ1) is 61.1. The monoisotopic (exact) mass is 886 g/mol. The lowest BCUT2D eigenvalue weighted by molar-refractivity contribution is -0.151. The third-order valence-corrected chi connectivity index (χ3v) is 12.7. The number of allylic oxidation sites excluding steroid dienone is 6. The molecular weight excluding hydrogens is 779 g/mol. The van der Waals surface area contributed by atoms with E-state index in [2.05, 4.69) is 62.5 Å². The van der Waals surface area contributed by atoms with Gasteiger partial charge in [-0.1, -0.05) is 237 Å². The Balaban J connectivity index is 4.58. The number of aliphatic hydroxyl groups is 2. The first-order valence-electron chi connectivity index (χ1n) is 27.7. The molecule has 0 rings (SSSR count). The van der Waals surface area contributed by atoms with Crippen LogP contribution in [0.5, 0.6) is 0 Å². The average molecular weight is 886 g/mol. The quantitative estimate of drug-likeness (QED) is 0.0321. The van der Waals surface area contributed by atoms with E-state index in [0.29, 0.717) is 19.3 Å². The summed E-state index contributed by atoms with van der Waals surface area (Å²) < 4.78 is 5.94. The highest BCUT2D eigenvalue weighted by atomic mass is 16.5. The SMILES string of the molecule is CC/C=C/C/C=C/CCCCCCCCCC(=O)OC(CCCCC/C=C/CCCCCCCCCCC)CC(=O)NC(CO)C(O)CCCCCCCCCCCCCCCC. The van der Waals surface area contributed by atoms with Crippen molar-refractivity contribution in [2.75, 3.05) is 6.61 Å². The Bertz CT molecular complexity index is 1040. The molecule has 3 unspecified atom stereocenters. The molecule has 0 aliphatic heterocycles. The number of unbranched alkanes of at least 4 members (excludes halogenated alkanes) is 32. The molecule has 0 saturated carbocycles. The van der Waals surface area contributed by atoms with E-state index in [1.54, 1.807) is 0 Å². The molecule has 0 radical (unpaired) electrons. The minimum atomic E-state index is -0.791. The smallest absolute Gasteiger partial charge is 0.306 e. The van der Waals surface area contributed by atoms with Gasteiger partial charge < -0.3 is 20.3 Å². The summed E-state index contributed by atoms with van der Waals surface area (Å²) in [6.45, 7) is 6.40. The van der Waals surface area contributed by atoms with Gasteiger partial charge in [-0.3, -0.25) is 9.59 Å². The van der Waals surface area contributed by atoms with Crippen molar-refractivity contribution in [2.45, 2.75) is 309 Å². The van der Waals surface area contributed by atoms with Crippen LogP contribution in [0.2, 0.25) is 0 Å². The van der Waals surface area contributed by atoms with Gasteiger partial charge in [0.1, 0.15) is 6.10 Å². The van der Waals surface area contributed by atoms with Crippen LogP contribution in [0.1, 0.15) is 290 Å². The van der Waals surface area contributed by atoms with E-state index in [9.17, 15) is 19.8 Å². The van der Waals surface area contributed by atoms with E-state index in [0.717, 1.165) is 77.0 Å². The van der Waals surface area contributed by atoms with Gasteiger partial charge in [0.15, 0.2) is 0 Å². The van der Waals surface area contributed by atoms with Crippen molar-refractivity contribution in [1.82, 2.24) is 5.32 Å². The summed E-state index contributed by atoms with van der Waals surface area (Å²) in [4.78, 5) is 26.2. The molecule has 0 bridgehead atoms. The molecule has 1 amide bonds. The number of hydrogen-bond acceptors (Lipinski definition) is 5. The summed E-state index contributed by atoms with van der Waals surface area (Å²) in [5, 5.41) is 23.8. The van der Waals surface area contributed by atoms with Crippen LogP contribution in [0.25, 0.3) is 0 Å². The Kier molecular flexibility index (Phi) is 49.5. The topological polar surface area (TPSA) is 95.9 Å². The van der Waals surface area contributed by atoms with Crippen LogP contribution in [-0.2, 0) is 14.3 Å². The normalized spacial score (nSPS) is 13.4. The van der Waals surface area contributed by atoms with Gasteiger partial charge in [-0.2, -0.15) is 0 Å². The van der Waals surface area contributed by atoms with Gasteiger partial charge in [-0.15, -0.1) is 0 Å². The molecule has 63 heavy (non-hydrogen) atoms. The van der Waals surface area contributed by atoms with Gasteiger partial charge in [0.05, 0.1) is 25.2 Å². The maximum absolute atomic E-state index is 13.2. The third kappa shape index (κ3) is 46.4. The number of aliphatic hydroxyl groups excluding tert-OH is 2. The molecule has 0 aliphatic rings. The Hall–Kier alpha value is -1.92. The Morgan fingerprint density at radius 1 is 0.476 bits per heavy atom. The highest BCUT2D eigenvalue weighted by Gasteiger charge is 2.24. The molecular formula is C57H107NO5. The van der Waals surface area contributed by atoms with Crippen LogP contribution in [0.4, 0.5) is 0 Å². The van der Waals surface area contributed by atoms with E-state index in [1.807, 2.05) is 0 Å². The lowest BCUT2D eigenvalue weighted by atomic mass is 10.0. The molecule has 0 aromatic carbocycles. The Morgan fingerprint density at radius 2 is 0.857 bits per heavy atom. The van der Waals surface area contributed by atoms with Gasteiger partial charge in [-0.05, 0) is 77.0 Å². The molecule has 0 aliphatic carbocycles. The highest BCUT2D eigenvalue weighted by Crippen LogP contribution is 2.18. The molecule has 0 spiro atoms. The van der Waals surface area contributed by atoms with Crippen LogP contribution in [0.15, 0.2) is 36.5 Å². The maximum atomic E-state index is 13.2. The highest BCUT2D eigenvalue weighted by molar-refractivity contribution is 5.77. The van der Waals surface area contributed by atoms with Gasteiger partial charge >= 0.3 is 5.97 Å². The predicted octanol–water partition coefficient (Wildman–Crippen LogP) is 16.8. The fraction of sp³-hybridized carbons (Fsp3) is 0.860. The number of esters is 1. The summed E-state index contributed by atoms with van der Waals surface area (Å²) in [6, 6.07) is -0.706. The average Bonchev–Trinajstić information content (AvgIpc) is 3.28. The minimum absolute atomic E-state index is 0.0666. The van der Waals surface area contributed by atoms with E-state index in [-0.39, 0.29) is 24.9 Å². The van der Waals surface area contributed by atoms with Crippen LogP contribution in [0.3, 0.4) is 0 Å². The summed E-state index contributed by atoms with van der Waals surface area (Å²) in [5.74, 6) is -0.487. The number of carbonyl (C=O) groups excluding carboxylic acids is 2. The number of rotatable bonds is 50. The summed E-state index contributed by atoms with van der Waals surface area (Å²) >= 11 is 0. The molecule has 370 valence electrons. The molecule has 0 aromatic heterocycles. The van der Waals surface area contributed by atoms with Crippen molar-refractivity contribution in [3.05, 3.63) is 36.5 Å². The fourth-order valence-electron chi connectivity index (χ4n) is 8.52. The van der Waals surface area contributed by atoms with E-state index >= 15 is 0 Å². The van der Waals surface area contributed by atoms with Crippen molar-refractivity contribution in [3.63, 3.8) is 0 Å². The molecule has 0 fully saturated rings. The molecule has 0 aromatic rings. The predicted molar refractivity (Wildman–Crippen MR) is 273 cm³/mol. The second kappa shape index (κ2) is 51.1. The standard InChI is InChI=1S/C57H107NO5/c1-4-7-10-13-16-19-22-25-28-29-30-33-36-39-42-45-48-53(63-57(62)50-47-44-41-38-35-32-27-24-21-18-15-12-9-6-3)51-56(61)58-54(52-59)55(60)49-46-43-40-37-34-31-26-23-20-17-14-11-8-5-2/h9,12,18,21,30,33,53-55,59-60H,4-8,10-11,13-17,19-20,22-29,31-32,34-52H2,1-3H3,(H,58,61)/b12-9+,21-18+,33-30+. The van der Waals surface area contributed by atoms with Crippen LogP contribution < -0.4 is 5.32 Å². The molecule has 6 heteroatoms. The second-order valence-electron chi connectivity index (χ2n) is 19.0. The van der Waals surface area contributed by atoms with Crippen molar-refractivity contribution < 1.29 is 24.5 Å². The van der Waals surface area contributed by atoms with Crippen molar-refractivity contribution in [2.24, 2.45) is 0 Å². The van der Waals surface area contributed by atoms with Crippen LogP contribution in [0, 0.1) is 0 Å². The maximum Gasteiger partial charge on any atom is 0.306 e. The van der Waals surface area contributed by atoms with Crippen LogP contribution >= 0.6 is 0 Å². The van der Waals surface area contributed by atoms with Crippen LogP contribution in [-0.4, -0.2) is 46.9 Å². The van der Waals surface area contributed by atoms with Gasteiger partial charge in [0, 0.05) is 6.42 Å². The summed E-state index contributed by atoms with van der Waals surface area (Å²) in [7, 11) is 0. The minimum Gasteiger partial charge on any atom is -0.462 e. The zero-order valence-corrected chi connectivity index (χ0v) is 42.2. The Labute approximate surface area is 392 Å². The first-order valence-corrected chi connectivity index (χ1v) is 27.7. The van der Waals surface area contributed by atoms with Crippen molar-refractivity contribution in [3.8, 4) is 0 Å². The van der Waals surface area contributed by atoms with E-state index < -0.39 is 18.2 Å². The molecule has 3 N–H and O–H groups in total. The summed E-state index contributed by atoms with van der Waals surface area (Å²) in [6.07, 6.45) is 60.6. The van der Waals surface area contributed by atoms with E-state index in [4.69, 9.17) is 4.74 Å². The van der Waals surface area contributed by atoms with Crippen molar-refractivity contribution in [1.29, 1.82) is 0 Å². The zero-order chi connectivity index (χ0) is 45.9. The summed E-state index contributed by atoms with van der Waals surface area (Å²) in [5.41, 5.74) is 0. The first-order chi connectivity index (χ1) is 31.0. The number of carbonyl (C=O) groups is 2. The van der Waals surface area contributed by atoms with Gasteiger partial charge in [-0.25, -0.2) is 0 Å². The number of nitrogens with one attached hydrogen (secondary N) is 1. The van der Waals surface area contributed by atoms with Gasteiger partial charge in [0.25, 0.3) is 0 Å². The second-order valence-corrected chi connectivity index (χ2v) is 19.0. The van der Waals surface area contributed by atoms with E-state index in [1.165, 1.54) is 167 Å². The fourth-order valence-corrected chi connectivity index (χ4v) is 8.52. The van der Waals surface area contributed by atoms with Crippen molar-refractivity contribution >= 4 is 11.9 Å². The molecule has 0 heterocycles.